The molecule has 1 aromatic carbocycles. The van der Waals surface area contributed by atoms with Gasteiger partial charge in [-0.3, -0.25) is 0 Å². The lowest BCUT2D eigenvalue weighted by molar-refractivity contribution is 0.239. The van der Waals surface area contributed by atoms with Crippen molar-refractivity contribution in [3.63, 3.8) is 0 Å². The number of hydrogen-bond donors (Lipinski definition) is 2. The molecular weight excluding hydrogens is 254 g/mol. The van der Waals surface area contributed by atoms with Crippen molar-refractivity contribution in [1.29, 1.82) is 0 Å². The lowest BCUT2D eigenvalue weighted by Crippen LogP contribution is -2.38. The largest absolute Gasteiger partial charge is 0.508 e. The molecule has 2 heterocycles. The molecule has 1 aliphatic rings. The first kappa shape index (κ1) is 13.0. The van der Waals surface area contributed by atoms with Gasteiger partial charge in [-0.15, -0.1) is 0 Å². The zero-order valence-electron chi connectivity index (χ0n) is 11.3. The van der Waals surface area contributed by atoms with E-state index in [2.05, 4.69) is 10.4 Å². The van der Waals surface area contributed by atoms with Crippen molar-refractivity contribution in [1.82, 2.24) is 15.1 Å². The minimum atomic E-state index is 0.229. The molecule has 2 aromatic rings. The molecule has 2 N–H and O–H groups in total. The maximum Gasteiger partial charge on any atom is 0.157 e. The van der Waals surface area contributed by atoms with Crippen molar-refractivity contribution < 1.29 is 9.84 Å². The third kappa shape index (κ3) is 3.11. The van der Waals surface area contributed by atoms with Crippen molar-refractivity contribution in [3.8, 4) is 17.2 Å². The molecule has 20 heavy (non-hydrogen) atoms. The number of ether oxygens (including phenoxy) is 1. The quantitative estimate of drug-likeness (QED) is 0.895. The highest BCUT2D eigenvalue weighted by molar-refractivity contribution is 5.38. The number of benzene rings is 1. The first-order valence-electron chi connectivity index (χ1n) is 7.01. The van der Waals surface area contributed by atoms with Gasteiger partial charge < -0.3 is 15.2 Å². The summed E-state index contributed by atoms with van der Waals surface area (Å²) in [5.74, 6) is 0.979. The molecule has 0 saturated carbocycles. The maximum absolute atomic E-state index is 9.47. The monoisotopic (exact) mass is 273 g/mol. The van der Waals surface area contributed by atoms with Gasteiger partial charge in [0.05, 0.1) is 18.1 Å². The fourth-order valence-corrected chi connectivity index (χ4v) is 2.42. The van der Waals surface area contributed by atoms with Gasteiger partial charge in [-0.05, 0) is 31.5 Å². The number of phenolic OH excluding ortho intramolecular Hbond substituents is 1. The third-order valence-electron chi connectivity index (χ3n) is 3.52. The van der Waals surface area contributed by atoms with E-state index in [0.29, 0.717) is 12.6 Å². The Kier molecular flexibility index (Phi) is 3.87. The molecule has 0 radical (unpaired) electrons. The van der Waals surface area contributed by atoms with Crippen molar-refractivity contribution >= 4 is 0 Å². The van der Waals surface area contributed by atoms with Crippen LogP contribution < -0.4 is 10.1 Å². The van der Waals surface area contributed by atoms with Crippen LogP contribution in [0.4, 0.5) is 0 Å². The first-order chi connectivity index (χ1) is 9.81. The number of phenols is 1. The fourth-order valence-electron chi connectivity index (χ4n) is 2.42. The summed E-state index contributed by atoms with van der Waals surface area (Å²) in [6.07, 6.45) is 7.22. The van der Waals surface area contributed by atoms with E-state index < -0.39 is 0 Å². The van der Waals surface area contributed by atoms with Crippen LogP contribution in [0, 0.1) is 0 Å². The van der Waals surface area contributed by atoms with Crippen LogP contribution in [0.5, 0.6) is 11.5 Å². The van der Waals surface area contributed by atoms with Gasteiger partial charge >= 0.3 is 0 Å². The number of piperidine rings is 1. The summed E-state index contributed by atoms with van der Waals surface area (Å²) >= 11 is 0. The molecule has 1 fully saturated rings. The highest BCUT2D eigenvalue weighted by atomic mass is 16.5. The molecule has 1 aromatic heterocycles. The molecule has 0 amide bonds. The number of nitrogens with one attached hydrogen (secondary N) is 1. The van der Waals surface area contributed by atoms with Crippen LogP contribution >= 0.6 is 0 Å². The molecule has 0 spiro atoms. The number of nitrogens with zero attached hydrogens (tertiary/aromatic N) is 2. The lowest BCUT2D eigenvalue weighted by Gasteiger charge is -2.22. The molecule has 5 nitrogen and oxygen atoms in total. The van der Waals surface area contributed by atoms with Gasteiger partial charge in [0, 0.05) is 12.1 Å². The van der Waals surface area contributed by atoms with Gasteiger partial charge in [-0.25, -0.2) is 4.68 Å². The van der Waals surface area contributed by atoms with Crippen LogP contribution in [0.25, 0.3) is 5.69 Å². The zero-order valence-corrected chi connectivity index (χ0v) is 11.3. The van der Waals surface area contributed by atoms with Crippen molar-refractivity contribution in [2.75, 3.05) is 13.2 Å². The molecule has 1 unspecified atom stereocenters. The molecular formula is C15H19N3O2. The molecule has 0 aliphatic carbocycles. The van der Waals surface area contributed by atoms with E-state index in [0.717, 1.165) is 18.0 Å². The highest BCUT2D eigenvalue weighted by Crippen LogP contribution is 2.18. The minimum absolute atomic E-state index is 0.229. The molecule has 106 valence electrons. The second-order valence-electron chi connectivity index (χ2n) is 5.10. The Morgan fingerprint density at radius 2 is 2.35 bits per heavy atom. The Labute approximate surface area is 118 Å². The summed E-state index contributed by atoms with van der Waals surface area (Å²) in [5, 5.41) is 17.2. The van der Waals surface area contributed by atoms with Gasteiger partial charge in [0.2, 0.25) is 0 Å². The summed E-state index contributed by atoms with van der Waals surface area (Å²) in [4.78, 5) is 0. The maximum atomic E-state index is 9.47. The second-order valence-corrected chi connectivity index (χ2v) is 5.10. The highest BCUT2D eigenvalue weighted by Gasteiger charge is 2.13. The van der Waals surface area contributed by atoms with Crippen LogP contribution in [0.2, 0.25) is 0 Å². The van der Waals surface area contributed by atoms with E-state index in [1.54, 1.807) is 29.1 Å². The van der Waals surface area contributed by atoms with Crippen LogP contribution in [-0.4, -0.2) is 34.1 Å². The zero-order chi connectivity index (χ0) is 13.8. The number of aromatic hydroxyl groups is 1. The van der Waals surface area contributed by atoms with Crippen molar-refractivity contribution in [2.24, 2.45) is 0 Å². The fraction of sp³-hybridized carbons (Fsp3) is 0.400. The molecule has 0 bridgehead atoms. The van der Waals surface area contributed by atoms with Gasteiger partial charge in [0.1, 0.15) is 12.4 Å². The third-order valence-corrected chi connectivity index (χ3v) is 3.52. The normalized spacial score (nSPS) is 18.9. The van der Waals surface area contributed by atoms with E-state index >= 15 is 0 Å². The van der Waals surface area contributed by atoms with Crippen LogP contribution in [-0.2, 0) is 0 Å². The van der Waals surface area contributed by atoms with E-state index in [1.807, 2.05) is 12.3 Å². The second kappa shape index (κ2) is 5.96. The van der Waals surface area contributed by atoms with E-state index in [9.17, 15) is 5.11 Å². The summed E-state index contributed by atoms with van der Waals surface area (Å²) in [6.45, 7) is 1.75. The van der Waals surface area contributed by atoms with Crippen molar-refractivity contribution in [3.05, 3.63) is 36.7 Å². The minimum Gasteiger partial charge on any atom is -0.508 e. The number of hydrogen-bond acceptors (Lipinski definition) is 4. The number of rotatable bonds is 4. The lowest BCUT2D eigenvalue weighted by atomic mass is 10.1. The average molecular weight is 273 g/mol. The smallest absolute Gasteiger partial charge is 0.157 e. The Hall–Kier alpha value is -2.01. The Morgan fingerprint density at radius 1 is 1.40 bits per heavy atom. The van der Waals surface area contributed by atoms with Crippen LogP contribution in [0.15, 0.2) is 36.7 Å². The topological polar surface area (TPSA) is 59.3 Å². The van der Waals surface area contributed by atoms with E-state index in [4.69, 9.17) is 4.74 Å². The molecule has 5 heteroatoms. The SMILES string of the molecule is Oc1cccc(-n2cc(OCC3CCCCN3)cn2)c1. The van der Waals surface area contributed by atoms with Crippen LogP contribution in [0.1, 0.15) is 19.3 Å². The molecule has 1 aliphatic heterocycles. The molecule has 3 rings (SSSR count). The van der Waals surface area contributed by atoms with Gasteiger partial charge in [-0.1, -0.05) is 12.5 Å². The summed E-state index contributed by atoms with van der Waals surface area (Å²) in [6, 6.07) is 7.42. The first-order valence-corrected chi connectivity index (χ1v) is 7.01. The summed E-state index contributed by atoms with van der Waals surface area (Å²) in [5.41, 5.74) is 0.815. The number of aromatic nitrogens is 2. The van der Waals surface area contributed by atoms with Gasteiger partial charge in [0.25, 0.3) is 0 Å². The summed E-state index contributed by atoms with van der Waals surface area (Å²) in [7, 11) is 0. The average Bonchev–Trinajstić information content (AvgIpc) is 2.95. The standard InChI is InChI=1S/C15H19N3O2/c19-14-6-3-5-13(8-14)18-10-15(9-17-18)20-11-12-4-1-2-7-16-12/h3,5-6,8-10,12,16,19H,1-2,4,7,11H2. The van der Waals surface area contributed by atoms with Crippen molar-refractivity contribution in [2.45, 2.75) is 25.3 Å². The Morgan fingerprint density at radius 3 is 3.15 bits per heavy atom. The van der Waals surface area contributed by atoms with Gasteiger partial charge in [-0.2, -0.15) is 5.10 Å². The predicted octanol–water partition coefficient (Wildman–Crippen LogP) is 2.10. The van der Waals surface area contributed by atoms with E-state index in [-0.39, 0.29) is 5.75 Å². The summed E-state index contributed by atoms with van der Waals surface area (Å²) < 4.78 is 7.47. The molecule has 1 atom stereocenters. The van der Waals surface area contributed by atoms with Crippen LogP contribution in [0.3, 0.4) is 0 Å². The predicted molar refractivity (Wildman–Crippen MR) is 76.4 cm³/mol. The Bertz CT molecular complexity index is 562. The molecule has 1 saturated heterocycles. The Balaban J connectivity index is 1.61. The van der Waals surface area contributed by atoms with Gasteiger partial charge in [0.15, 0.2) is 5.75 Å². The van der Waals surface area contributed by atoms with E-state index in [1.165, 1.54) is 19.3 Å².